The van der Waals surface area contributed by atoms with Gasteiger partial charge in [-0.25, -0.2) is 4.98 Å². The molecule has 3 nitrogen and oxygen atoms in total. The summed E-state index contributed by atoms with van der Waals surface area (Å²) in [5.41, 5.74) is 3.46. The van der Waals surface area contributed by atoms with Gasteiger partial charge in [0.1, 0.15) is 5.82 Å². The van der Waals surface area contributed by atoms with E-state index in [2.05, 4.69) is 47.3 Å². The second kappa shape index (κ2) is 4.67. The fourth-order valence-electron chi connectivity index (χ4n) is 2.02. The summed E-state index contributed by atoms with van der Waals surface area (Å²) < 4.78 is 0. The number of nitrogens with one attached hydrogen (secondary N) is 2. The Morgan fingerprint density at radius 1 is 1.41 bits per heavy atom. The first-order valence-electron chi connectivity index (χ1n) is 5.76. The third-order valence-corrected chi connectivity index (χ3v) is 3.23. The first kappa shape index (κ1) is 12.4. The zero-order valence-electron chi connectivity index (χ0n) is 10.5. The lowest BCUT2D eigenvalue weighted by atomic mass is 9.84. The van der Waals surface area contributed by atoms with E-state index in [9.17, 15) is 0 Å². The van der Waals surface area contributed by atoms with Gasteiger partial charge < -0.3 is 10.3 Å². The highest BCUT2D eigenvalue weighted by Gasteiger charge is 2.20. The summed E-state index contributed by atoms with van der Waals surface area (Å²) in [6.45, 7) is 7.24. The van der Waals surface area contributed by atoms with E-state index in [1.807, 2.05) is 6.92 Å². The number of hydrogen-bond donors (Lipinski definition) is 2. The molecule has 0 bridgehead atoms. The molecule has 17 heavy (non-hydrogen) atoms. The summed E-state index contributed by atoms with van der Waals surface area (Å²) in [6, 6.07) is 6.86. The molecule has 1 aromatic carbocycles. The molecule has 2 rings (SSSR count). The molecule has 0 atom stereocenters. The Kier molecular flexibility index (Phi) is 3.40. The zero-order chi connectivity index (χ0) is 12.5. The van der Waals surface area contributed by atoms with Crippen LogP contribution in [0.5, 0.6) is 0 Å². The van der Waals surface area contributed by atoms with Crippen LogP contribution in [0, 0.1) is 6.92 Å². The molecule has 1 aromatic heterocycles. The molecular weight excluding hydrogens is 234 g/mol. The number of aryl methyl sites for hydroxylation is 1. The quantitative estimate of drug-likeness (QED) is 0.648. The molecule has 2 aromatic rings. The van der Waals surface area contributed by atoms with Crippen molar-refractivity contribution in [3.8, 4) is 0 Å². The van der Waals surface area contributed by atoms with Crippen LogP contribution in [0.15, 0.2) is 18.2 Å². The molecule has 1 heterocycles. The molecule has 0 aliphatic rings. The minimum absolute atomic E-state index is 0.0576. The van der Waals surface area contributed by atoms with Gasteiger partial charge >= 0.3 is 0 Å². The van der Waals surface area contributed by atoms with Gasteiger partial charge in [0.15, 0.2) is 0 Å². The highest BCUT2D eigenvalue weighted by molar-refractivity contribution is 6.17. The van der Waals surface area contributed by atoms with Gasteiger partial charge in [-0.3, -0.25) is 0 Å². The second-order valence-electron chi connectivity index (χ2n) is 5.00. The Balaban J connectivity index is 2.34. The number of nitrogens with zero attached hydrogens (tertiary/aromatic N) is 1. The number of fused-ring (bicyclic) bond motifs is 1. The number of hydrogen-bond acceptors (Lipinski definition) is 2. The number of halogens is 1. The molecule has 0 saturated carbocycles. The molecule has 0 aliphatic carbocycles. The van der Waals surface area contributed by atoms with Crippen molar-refractivity contribution in [2.75, 3.05) is 12.5 Å². The van der Waals surface area contributed by atoms with Gasteiger partial charge in [0.05, 0.1) is 17.0 Å². The molecule has 0 amide bonds. The topological polar surface area (TPSA) is 40.7 Å². The predicted octanol–water partition coefficient (Wildman–Crippen LogP) is 2.93. The van der Waals surface area contributed by atoms with Crippen LogP contribution in [-0.2, 0) is 5.41 Å². The van der Waals surface area contributed by atoms with Crippen molar-refractivity contribution in [2.24, 2.45) is 0 Å². The van der Waals surface area contributed by atoms with Gasteiger partial charge in [-0.15, -0.1) is 11.6 Å². The van der Waals surface area contributed by atoms with E-state index in [0.717, 1.165) is 23.4 Å². The van der Waals surface area contributed by atoms with E-state index in [1.54, 1.807) is 0 Å². The smallest absolute Gasteiger partial charge is 0.104 e. The van der Waals surface area contributed by atoms with Crippen LogP contribution in [0.3, 0.4) is 0 Å². The summed E-state index contributed by atoms with van der Waals surface area (Å²) in [6.07, 6.45) is 0. The maximum atomic E-state index is 5.67. The summed E-state index contributed by atoms with van der Waals surface area (Å²) >= 11 is 5.67. The van der Waals surface area contributed by atoms with Gasteiger partial charge in [0.2, 0.25) is 0 Å². The number of alkyl halides is 1. The van der Waals surface area contributed by atoms with Crippen molar-refractivity contribution in [1.29, 1.82) is 0 Å². The van der Waals surface area contributed by atoms with Crippen molar-refractivity contribution in [2.45, 2.75) is 26.2 Å². The molecule has 92 valence electrons. The maximum Gasteiger partial charge on any atom is 0.104 e. The SMILES string of the molecule is Cc1nc2ccc(C(C)(C)CNCCl)cc2[nH]1. The number of H-pyrrole nitrogens is 1. The van der Waals surface area contributed by atoms with Gasteiger partial charge in [-0.1, -0.05) is 19.9 Å². The molecule has 0 fully saturated rings. The number of aromatic amines is 1. The first-order chi connectivity index (χ1) is 8.03. The Bertz CT molecular complexity index is 516. The van der Waals surface area contributed by atoms with Gasteiger partial charge in [-0.05, 0) is 24.6 Å². The van der Waals surface area contributed by atoms with Crippen LogP contribution in [-0.4, -0.2) is 22.5 Å². The van der Waals surface area contributed by atoms with Crippen molar-refractivity contribution in [1.82, 2.24) is 15.3 Å². The lowest BCUT2D eigenvalue weighted by Gasteiger charge is -2.25. The average Bonchev–Trinajstić information content (AvgIpc) is 2.65. The Morgan fingerprint density at radius 2 is 2.18 bits per heavy atom. The minimum Gasteiger partial charge on any atom is -0.342 e. The minimum atomic E-state index is 0.0576. The van der Waals surface area contributed by atoms with Gasteiger partial charge in [0, 0.05) is 12.0 Å². The van der Waals surface area contributed by atoms with Gasteiger partial charge in [0.25, 0.3) is 0 Å². The van der Waals surface area contributed by atoms with Crippen molar-refractivity contribution >= 4 is 22.6 Å². The van der Waals surface area contributed by atoms with Crippen LogP contribution in [0.1, 0.15) is 25.2 Å². The van der Waals surface area contributed by atoms with Crippen molar-refractivity contribution in [3.05, 3.63) is 29.6 Å². The van der Waals surface area contributed by atoms with Gasteiger partial charge in [-0.2, -0.15) is 0 Å². The largest absolute Gasteiger partial charge is 0.342 e. The number of benzene rings is 1. The highest BCUT2D eigenvalue weighted by Crippen LogP contribution is 2.25. The maximum absolute atomic E-state index is 5.67. The monoisotopic (exact) mass is 251 g/mol. The Hall–Kier alpha value is -1.06. The van der Waals surface area contributed by atoms with E-state index in [4.69, 9.17) is 11.6 Å². The highest BCUT2D eigenvalue weighted by atomic mass is 35.5. The van der Waals surface area contributed by atoms with Crippen LogP contribution in [0.2, 0.25) is 0 Å². The number of imidazole rings is 1. The van der Waals surface area contributed by atoms with E-state index >= 15 is 0 Å². The summed E-state index contributed by atoms with van der Waals surface area (Å²) in [4.78, 5) is 7.68. The van der Waals surface area contributed by atoms with Crippen molar-refractivity contribution in [3.63, 3.8) is 0 Å². The molecule has 0 unspecified atom stereocenters. The fourth-order valence-corrected chi connectivity index (χ4v) is 2.11. The van der Waals surface area contributed by atoms with E-state index in [0.29, 0.717) is 6.00 Å². The lowest BCUT2D eigenvalue weighted by Crippen LogP contribution is -2.32. The summed E-state index contributed by atoms with van der Waals surface area (Å²) in [5.74, 6) is 0.953. The van der Waals surface area contributed by atoms with Crippen LogP contribution in [0.25, 0.3) is 11.0 Å². The molecule has 0 aliphatic heterocycles. The average molecular weight is 252 g/mol. The normalized spacial score (nSPS) is 12.2. The molecule has 4 heteroatoms. The van der Waals surface area contributed by atoms with E-state index in [1.165, 1.54) is 5.56 Å². The predicted molar refractivity (Wildman–Crippen MR) is 72.6 cm³/mol. The Morgan fingerprint density at radius 3 is 2.88 bits per heavy atom. The summed E-state index contributed by atoms with van der Waals surface area (Å²) in [5, 5.41) is 3.18. The molecule has 0 radical (unpaired) electrons. The Labute approximate surface area is 107 Å². The fraction of sp³-hybridized carbons (Fsp3) is 0.462. The number of rotatable bonds is 4. The third-order valence-electron chi connectivity index (χ3n) is 3.04. The van der Waals surface area contributed by atoms with Crippen molar-refractivity contribution < 1.29 is 0 Å². The van der Waals surface area contributed by atoms with Crippen LogP contribution in [0.4, 0.5) is 0 Å². The molecule has 0 spiro atoms. The third kappa shape index (κ3) is 2.61. The van der Waals surface area contributed by atoms with Crippen LogP contribution >= 0.6 is 11.6 Å². The zero-order valence-corrected chi connectivity index (χ0v) is 11.2. The standard InChI is InChI=1S/C13H18ClN3/c1-9-16-11-5-4-10(6-12(11)17-9)13(2,3)7-15-8-14/h4-6,15H,7-8H2,1-3H3,(H,16,17). The van der Waals surface area contributed by atoms with E-state index < -0.39 is 0 Å². The van der Waals surface area contributed by atoms with Crippen LogP contribution < -0.4 is 5.32 Å². The lowest BCUT2D eigenvalue weighted by molar-refractivity contribution is 0.489. The summed E-state index contributed by atoms with van der Waals surface area (Å²) in [7, 11) is 0. The second-order valence-corrected chi connectivity index (χ2v) is 5.27. The molecular formula is C13H18ClN3. The first-order valence-corrected chi connectivity index (χ1v) is 6.30. The van der Waals surface area contributed by atoms with E-state index in [-0.39, 0.29) is 5.41 Å². The molecule has 2 N–H and O–H groups in total. The molecule has 0 saturated heterocycles. The number of aromatic nitrogens is 2.